The van der Waals surface area contributed by atoms with E-state index < -0.39 is 6.04 Å². The predicted molar refractivity (Wildman–Crippen MR) is 101 cm³/mol. The Morgan fingerprint density at radius 3 is 2.60 bits per heavy atom. The molecule has 4 nitrogen and oxygen atoms in total. The van der Waals surface area contributed by atoms with Crippen molar-refractivity contribution >= 4 is 27.7 Å². The number of rotatable bonds is 4. The van der Waals surface area contributed by atoms with Crippen molar-refractivity contribution in [2.45, 2.75) is 38.9 Å². The molecule has 0 aliphatic carbocycles. The third kappa shape index (κ3) is 3.61. The minimum absolute atomic E-state index is 0.00487. The minimum Gasteiger partial charge on any atom is -0.350 e. The number of nitrogens with one attached hydrogen (secondary N) is 1. The highest BCUT2D eigenvalue weighted by Crippen LogP contribution is 2.32. The second kappa shape index (κ2) is 7.40. The van der Waals surface area contributed by atoms with Gasteiger partial charge in [-0.15, -0.1) is 0 Å². The third-order valence-corrected chi connectivity index (χ3v) is 5.25. The number of fused-ring (bicyclic) bond motifs is 1. The molecule has 0 aromatic heterocycles. The average molecular weight is 401 g/mol. The van der Waals surface area contributed by atoms with Crippen molar-refractivity contribution in [3.63, 3.8) is 0 Å². The zero-order valence-electron chi connectivity index (χ0n) is 14.3. The summed E-state index contributed by atoms with van der Waals surface area (Å²) in [5.41, 5.74) is 2.85. The molecular formula is C20H21BrN2O2. The normalized spacial score (nSPS) is 16.7. The lowest BCUT2D eigenvalue weighted by Gasteiger charge is -2.39. The monoisotopic (exact) mass is 400 g/mol. The van der Waals surface area contributed by atoms with Gasteiger partial charge in [0.25, 0.3) is 0 Å². The topological polar surface area (TPSA) is 49.4 Å². The number of carbonyl (C=O) groups is 2. The van der Waals surface area contributed by atoms with E-state index in [-0.39, 0.29) is 17.9 Å². The van der Waals surface area contributed by atoms with Crippen molar-refractivity contribution in [3.8, 4) is 0 Å². The lowest BCUT2D eigenvalue weighted by molar-refractivity contribution is -0.143. The second-order valence-electron chi connectivity index (χ2n) is 6.48. The maximum atomic E-state index is 13.0. The first-order chi connectivity index (χ1) is 12.0. The van der Waals surface area contributed by atoms with Crippen LogP contribution in [0.5, 0.6) is 0 Å². The Labute approximate surface area is 156 Å². The minimum atomic E-state index is -0.583. The Bertz CT molecular complexity index is 804. The van der Waals surface area contributed by atoms with Gasteiger partial charge in [0.1, 0.15) is 6.04 Å². The Morgan fingerprint density at radius 1 is 1.20 bits per heavy atom. The lowest BCUT2D eigenvalue weighted by Crippen LogP contribution is -2.50. The van der Waals surface area contributed by atoms with Crippen molar-refractivity contribution in [3.05, 3.63) is 69.7 Å². The van der Waals surface area contributed by atoms with E-state index in [1.54, 1.807) is 4.90 Å². The second-order valence-corrected chi connectivity index (χ2v) is 7.34. The molecule has 0 spiro atoms. The summed E-state index contributed by atoms with van der Waals surface area (Å²) in [5.74, 6) is -0.153. The number of hydrogen-bond acceptors (Lipinski definition) is 2. The zero-order valence-corrected chi connectivity index (χ0v) is 15.9. The van der Waals surface area contributed by atoms with Crippen LogP contribution in [-0.4, -0.2) is 22.8 Å². The highest BCUT2D eigenvalue weighted by atomic mass is 79.9. The maximum Gasteiger partial charge on any atom is 0.247 e. The summed E-state index contributed by atoms with van der Waals surface area (Å²) < 4.78 is 0.955. The summed E-state index contributed by atoms with van der Waals surface area (Å²) >= 11 is 3.50. The van der Waals surface area contributed by atoms with Crippen molar-refractivity contribution < 1.29 is 9.59 Å². The van der Waals surface area contributed by atoms with Crippen molar-refractivity contribution in [2.75, 3.05) is 0 Å². The molecule has 130 valence electrons. The molecule has 0 saturated heterocycles. The molecule has 0 fully saturated rings. The number of halogens is 1. The SMILES string of the molecule is CC(C)N1C(=O)Cc2ccccc2[C@H]1C(=O)NCc1ccccc1Br. The van der Waals surface area contributed by atoms with E-state index in [4.69, 9.17) is 0 Å². The smallest absolute Gasteiger partial charge is 0.247 e. The van der Waals surface area contributed by atoms with Crippen LogP contribution in [0.15, 0.2) is 53.0 Å². The summed E-state index contributed by atoms with van der Waals surface area (Å²) in [6.45, 7) is 4.30. The molecule has 2 aromatic rings. The summed E-state index contributed by atoms with van der Waals surface area (Å²) in [4.78, 5) is 27.3. The zero-order chi connectivity index (χ0) is 18.0. The molecule has 0 unspecified atom stereocenters. The fourth-order valence-electron chi connectivity index (χ4n) is 3.28. The van der Waals surface area contributed by atoms with Crippen LogP contribution in [0.25, 0.3) is 0 Å². The Hall–Kier alpha value is -2.14. The van der Waals surface area contributed by atoms with Gasteiger partial charge in [-0.2, -0.15) is 0 Å². The number of nitrogens with zero attached hydrogens (tertiary/aromatic N) is 1. The molecule has 0 saturated carbocycles. The summed E-state index contributed by atoms with van der Waals surface area (Å²) in [7, 11) is 0. The molecule has 1 heterocycles. The van der Waals surface area contributed by atoms with Gasteiger partial charge in [0.15, 0.2) is 0 Å². The van der Waals surface area contributed by atoms with Crippen molar-refractivity contribution in [1.82, 2.24) is 10.2 Å². The van der Waals surface area contributed by atoms with Crippen LogP contribution < -0.4 is 5.32 Å². The van der Waals surface area contributed by atoms with Gasteiger partial charge >= 0.3 is 0 Å². The van der Waals surface area contributed by atoms with Gasteiger partial charge in [0, 0.05) is 17.1 Å². The number of benzene rings is 2. The lowest BCUT2D eigenvalue weighted by atomic mass is 9.90. The first kappa shape index (κ1) is 17.7. The fourth-order valence-corrected chi connectivity index (χ4v) is 3.71. The van der Waals surface area contributed by atoms with Crippen LogP contribution in [0.3, 0.4) is 0 Å². The predicted octanol–water partition coefficient (Wildman–Crippen LogP) is 3.60. The van der Waals surface area contributed by atoms with Crippen LogP contribution in [0.4, 0.5) is 0 Å². The van der Waals surface area contributed by atoms with E-state index in [1.165, 1.54) is 0 Å². The molecule has 5 heteroatoms. The van der Waals surface area contributed by atoms with Crippen LogP contribution in [-0.2, 0) is 22.6 Å². The third-order valence-electron chi connectivity index (χ3n) is 4.47. The average Bonchev–Trinajstić information content (AvgIpc) is 2.59. The van der Waals surface area contributed by atoms with E-state index in [2.05, 4.69) is 21.2 Å². The molecule has 3 rings (SSSR count). The fraction of sp³-hybridized carbons (Fsp3) is 0.300. The molecule has 25 heavy (non-hydrogen) atoms. The van der Waals surface area contributed by atoms with Crippen LogP contribution >= 0.6 is 15.9 Å². The van der Waals surface area contributed by atoms with Gasteiger partial charge < -0.3 is 10.2 Å². The maximum absolute atomic E-state index is 13.0. The summed E-state index contributed by atoms with van der Waals surface area (Å²) in [6, 6.07) is 14.9. The van der Waals surface area contributed by atoms with E-state index in [0.29, 0.717) is 13.0 Å². The highest BCUT2D eigenvalue weighted by Gasteiger charge is 2.38. The standard InChI is InChI=1S/C20H21BrN2O2/c1-13(2)23-18(24)11-14-7-3-5-9-16(14)19(23)20(25)22-12-15-8-4-6-10-17(15)21/h3-10,13,19H,11-12H2,1-2H3,(H,22,25)/t19-/m0/s1. The van der Waals surface area contributed by atoms with Crippen LogP contribution in [0.2, 0.25) is 0 Å². The molecule has 0 radical (unpaired) electrons. The van der Waals surface area contributed by atoms with Gasteiger partial charge in [-0.05, 0) is 36.6 Å². The largest absolute Gasteiger partial charge is 0.350 e. The molecule has 1 aliphatic heterocycles. The molecular weight excluding hydrogens is 380 g/mol. The molecule has 1 aliphatic rings. The quantitative estimate of drug-likeness (QED) is 0.851. The highest BCUT2D eigenvalue weighted by molar-refractivity contribution is 9.10. The van der Waals surface area contributed by atoms with E-state index in [1.807, 2.05) is 62.4 Å². The number of amides is 2. The van der Waals surface area contributed by atoms with Crippen molar-refractivity contribution in [2.24, 2.45) is 0 Å². The first-order valence-electron chi connectivity index (χ1n) is 8.39. The van der Waals surface area contributed by atoms with Gasteiger partial charge in [-0.25, -0.2) is 0 Å². The van der Waals surface area contributed by atoms with E-state index in [0.717, 1.165) is 21.2 Å². The van der Waals surface area contributed by atoms with Gasteiger partial charge in [-0.1, -0.05) is 58.4 Å². The Kier molecular flexibility index (Phi) is 5.23. The van der Waals surface area contributed by atoms with Gasteiger partial charge in [0.05, 0.1) is 6.42 Å². The van der Waals surface area contributed by atoms with E-state index in [9.17, 15) is 9.59 Å². The number of carbonyl (C=O) groups excluding carboxylic acids is 2. The molecule has 1 atom stereocenters. The molecule has 2 amide bonds. The van der Waals surface area contributed by atoms with Gasteiger partial charge in [0.2, 0.25) is 11.8 Å². The summed E-state index contributed by atoms with van der Waals surface area (Å²) in [6.07, 6.45) is 0.350. The Morgan fingerprint density at radius 2 is 1.88 bits per heavy atom. The van der Waals surface area contributed by atoms with Crippen LogP contribution in [0, 0.1) is 0 Å². The first-order valence-corrected chi connectivity index (χ1v) is 9.18. The number of hydrogen-bond donors (Lipinski definition) is 1. The van der Waals surface area contributed by atoms with Crippen molar-refractivity contribution in [1.29, 1.82) is 0 Å². The molecule has 1 N–H and O–H groups in total. The van der Waals surface area contributed by atoms with E-state index >= 15 is 0 Å². The molecule has 2 aromatic carbocycles. The molecule has 0 bridgehead atoms. The van der Waals surface area contributed by atoms with Crippen LogP contribution in [0.1, 0.15) is 36.6 Å². The summed E-state index contributed by atoms with van der Waals surface area (Å²) in [5, 5.41) is 2.99. The van der Waals surface area contributed by atoms with Gasteiger partial charge in [-0.3, -0.25) is 9.59 Å². The Balaban J connectivity index is 1.88.